The average molecular weight is 439 g/mol. The first-order chi connectivity index (χ1) is 15.3. The molecule has 2 aromatic carbocycles. The summed E-state index contributed by atoms with van der Waals surface area (Å²) in [5.74, 6) is 0.768. The number of aliphatic hydroxyl groups is 1. The van der Waals surface area contributed by atoms with E-state index in [-0.39, 0.29) is 37.6 Å². The molecule has 0 saturated heterocycles. The van der Waals surface area contributed by atoms with Gasteiger partial charge in [0.05, 0.1) is 25.4 Å². The molecule has 0 unspecified atom stereocenters. The van der Waals surface area contributed by atoms with E-state index in [1.807, 2.05) is 38.1 Å². The lowest BCUT2D eigenvalue weighted by molar-refractivity contribution is -0.137. The van der Waals surface area contributed by atoms with E-state index in [1.54, 1.807) is 43.3 Å². The molecule has 170 valence electrons. The standard InChI is InChI=1S/C25H30N2O5/c1-17(2)32-21-11-7-19(8-12-21)22-23(26(3)15-16-28)25(30)27(24(22)29)14-13-18-5-9-20(31-4)10-6-18/h5-12,17,28H,13-16H2,1-4H3. The van der Waals surface area contributed by atoms with Crippen molar-refractivity contribution in [2.45, 2.75) is 26.4 Å². The number of ether oxygens (including phenoxy) is 2. The van der Waals surface area contributed by atoms with E-state index in [2.05, 4.69) is 0 Å². The second-order valence-electron chi connectivity index (χ2n) is 7.92. The maximum atomic E-state index is 13.3. The maximum absolute atomic E-state index is 13.3. The molecule has 0 fully saturated rings. The number of hydrogen-bond donors (Lipinski definition) is 1. The normalized spacial score (nSPS) is 13.9. The summed E-state index contributed by atoms with van der Waals surface area (Å²) in [6.45, 7) is 4.27. The van der Waals surface area contributed by atoms with E-state index in [1.165, 1.54) is 4.90 Å². The number of nitrogens with zero attached hydrogens (tertiary/aromatic N) is 2. The fourth-order valence-electron chi connectivity index (χ4n) is 3.65. The van der Waals surface area contributed by atoms with Gasteiger partial charge in [-0.25, -0.2) is 0 Å². The van der Waals surface area contributed by atoms with Gasteiger partial charge in [-0.1, -0.05) is 24.3 Å². The van der Waals surface area contributed by atoms with Crippen molar-refractivity contribution >= 4 is 17.4 Å². The monoisotopic (exact) mass is 438 g/mol. The molecule has 0 saturated carbocycles. The molecular formula is C25H30N2O5. The van der Waals surface area contributed by atoms with E-state index >= 15 is 0 Å². The van der Waals surface area contributed by atoms with Crippen LogP contribution in [0.2, 0.25) is 0 Å². The summed E-state index contributed by atoms with van der Waals surface area (Å²) in [6, 6.07) is 14.7. The van der Waals surface area contributed by atoms with Gasteiger partial charge in [0.2, 0.25) is 0 Å². The average Bonchev–Trinajstić information content (AvgIpc) is 3.02. The summed E-state index contributed by atoms with van der Waals surface area (Å²) >= 11 is 0. The number of methoxy groups -OCH3 is 1. The largest absolute Gasteiger partial charge is 0.497 e. The Morgan fingerprint density at radius 1 is 0.969 bits per heavy atom. The summed E-state index contributed by atoms with van der Waals surface area (Å²) < 4.78 is 10.9. The zero-order valence-electron chi connectivity index (χ0n) is 19.0. The summed E-state index contributed by atoms with van der Waals surface area (Å²) in [5, 5.41) is 9.39. The van der Waals surface area contributed by atoms with Gasteiger partial charge in [0.1, 0.15) is 17.2 Å². The number of rotatable bonds is 10. The van der Waals surface area contributed by atoms with Gasteiger partial charge in [-0.3, -0.25) is 14.5 Å². The third-order valence-corrected chi connectivity index (χ3v) is 5.26. The lowest BCUT2D eigenvalue weighted by atomic mass is 10.0. The van der Waals surface area contributed by atoms with Crippen LogP contribution in [0.5, 0.6) is 11.5 Å². The van der Waals surface area contributed by atoms with E-state index in [9.17, 15) is 14.7 Å². The first-order valence-electron chi connectivity index (χ1n) is 10.7. The molecule has 1 aliphatic rings. The molecule has 0 aromatic heterocycles. The van der Waals surface area contributed by atoms with Crippen LogP contribution in [0.1, 0.15) is 25.0 Å². The van der Waals surface area contributed by atoms with Crippen molar-refractivity contribution in [2.24, 2.45) is 0 Å². The predicted octanol–water partition coefficient (Wildman–Crippen LogP) is 2.73. The first-order valence-corrected chi connectivity index (χ1v) is 10.7. The Labute approximate surface area is 188 Å². The summed E-state index contributed by atoms with van der Waals surface area (Å²) in [7, 11) is 3.32. The second-order valence-corrected chi connectivity index (χ2v) is 7.92. The van der Waals surface area contributed by atoms with Crippen LogP contribution in [0, 0.1) is 0 Å². The van der Waals surface area contributed by atoms with Gasteiger partial charge in [-0.05, 0) is 55.7 Å². The number of likely N-dealkylation sites (N-methyl/N-ethyl adjacent to an activating group) is 1. The number of hydrogen-bond acceptors (Lipinski definition) is 6. The minimum atomic E-state index is -0.350. The minimum Gasteiger partial charge on any atom is -0.497 e. The molecule has 32 heavy (non-hydrogen) atoms. The van der Waals surface area contributed by atoms with Crippen molar-refractivity contribution in [3.8, 4) is 11.5 Å². The Kier molecular flexibility index (Phi) is 7.53. The molecule has 1 aliphatic heterocycles. The molecule has 3 rings (SSSR count). The van der Waals surface area contributed by atoms with Crippen molar-refractivity contribution in [2.75, 3.05) is 33.9 Å². The fourth-order valence-corrected chi connectivity index (χ4v) is 3.65. The Balaban J connectivity index is 1.86. The van der Waals surface area contributed by atoms with Gasteiger partial charge < -0.3 is 19.5 Å². The lowest BCUT2D eigenvalue weighted by Crippen LogP contribution is -2.36. The van der Waals surface area contributed by atoms with Gasteiger partial charge in [-0.15, -0.1) is 0 Å². The topological polar surface area (TPSA) is 79.3 Å². The first kappa shape index (κ1) is 23.3. The van der Waals surface area contributed by atoms with Crippen LogP contribution in [0.25, 0.3) is 5.57 Å². The Hall–Kier alpha value is -3.32. The van der Waals surface area contributed by atoms with Gasteiger partial charge in [0, 0.05) is 20.1 Å². The third kappa shape index (κ3) is 5.11. The predicted molar refractivity (Wildman–Crippen MR) is 122 cm³/mol. The number of benzene rings is 2. The number of amides is 2. The van der Waals surface area contributed by atoms with E-state index in [0.29, 0.717) is 29.0 Å². The summed E-state index contributed by atoms with van der Waals surface area (Å²) in [5.41, 5.74) is 2.29. The molecule has 2 aromatic rings. The van der Waals surface area contributed by atoms with Crippen LogP contribution < -0.4 is 9.47 Å². The second kappa shape index (κ2) is 10.3. The zero-order chi connectivity index (χ0) is 23.3. The van der Waals surface area contributed by atoms with Crippen LogP contribution in [-0.4, -0.2) is 66.7 Å². The molecule has 1 N–H and O–H groups in total. The SMILES string of the molecule is COc1ccc(CCN2C(=O)C(c3ccc(OC(C)C)cc3)=C(N(C)CCO)C2=O)cc1. The molecule has 7 heteroatoms. The molecule has 0 radical (unpaired) electrons. The van der Waals surface area contributed by atoms with Gasteiger partial charge in [-0.2, -0.15) is 0 Å². The fraction of sp³-hybridized carbons (Fsp3) is 0.360. The van der Waals surface area contributed by atoms with Crippen LogP contribution in [0.15, 0.2) is 54.2 Å². The number of carbonyl (C=O) groups excluding carboxylic acids is 2. The maximum Gasteiger partial charge on any atom is 0.277 e. The highest BCUT2D eigenvalue weighted by molar-refractivity contribution is 6.35. The molecule has 0 aliphatic carbocycles. The zero-order valence-corrected chi connectivity index (χ0v) is 19.0. The number of aliphatic hydroxyl groups excluding tert-OH is 1. The summed E-state index contributed by atoms with van der Waals surface area (Å²) in [4.78, 5) is 29.5. The van der Waals surface area contributed by atoms with Gasteiger partial charge >= 0.3 is 0 Å². The summed E-state index contributed by atoms with van der Waals surface area (Å²) in [6.07, 6.45) is 0.571. The number of imide groups is 1. The van der Waals surface area contributed by atoms with Gasteiger partial charge in [0.15, 0.2) is 0 Å². The minimum absolute atomic E-state index is 0.0365. The quantitative estimate of drug-likeness (QED) is 0.575. The van der Waals surface area contributed by atoms with E-state index in [0.717, 1.165) is 11.3 Å². The highest BCUT2D eigenvalue weighted by Gasteiger charge is 2.40. The Morgan fingerprint density at radius 2 is 1.59 bits per heavy atom. The molecule has 2 amide bonds. The smallest absolute Gasteiger partial charge is 0.277 e. The van der Waals surface area contributed by atoms with Crippen LogP contribution >= 0.6 is 0 Å². The molecule has 0 spiro atoms. The number of carbonyl (C=O) groups is 2. The Morgan fingerprint density at radius 3 is 2.16 bits per heavy atom. The van der Waals surface area contributed by atoms with Crippen molar-refractivity contribution in [3.63, 3.8) is 0 Å². The van der Waals surface area contributed by atoms with Crippen molar-refractivity contribution in [1.82, 2.24) is 9.80 Å². The van der Waals surface area contributed by atoms with Crippen molar-refractivity contribution < 1.29 is 24.2 Å². The molecule has 0 atom stereocenters. The molecule has 0 bridgehead atoms. The van der Waals surface area contributed by atoms with Gasteiger partial charge in [0.25, 0.3) is 11.8 Å². The van der Waals surface area contributed by atoms with Crippen molar-refractivity contribution in [1.29, 1.82) is 0 Å². The Bertz CT molecular complexity index is 980. The van der Waals surface area contributed by atoms with Crippen LogP contribution in [0.4, 0.5) is 0 Å². The van der Waals surface area contributed by atoms with E-state index in [4.69, 9.17) is 9.47 Å². The molecule has 7 nitrogen and oxygen atoms in total. The van der Waals surface area contributed by atoms with Crippen molar-refractivity contribution in [3.05, 3.63) is 65.4 Å². The third-order valence-electron chi connectivity index (χ3n) is 5.26. The van der Waals surface area contributed by atoms with Crippen LogP contribution in [-0.2, 0) is 16.0 Å². The van der Waals surface area contributed by atoms with Crippen LogP contribution in [0.3, 0.4) is 0 Å². The highest BCUT2D eigenvalue weighted by Crippen LogP contribution is 2.32. The molecule has 1 heterocycles. The van der Waals surface area contributed by atoms with E-state index < -0.39 is 0 Å². The highest BCUT2D eigenvalue weighted by atomic mass is 16.5. The molecular weight excluding hydrogens is 408 g/mol. The lowest BCUT2D eigenvalue weighted by Gasteiger charge is -2.20.